The molecule has 1 aliphatic rings. The van der Waals surface area contributed by atoms with Crippen LogP contribution in [0.1, 0.15) is 11.3 Å². The summed E-state index contributed by atoms with van der Waals surface area (Å²) in [7, 11) is 1.91. The molecule has 1 aromatic heterocycles. The number of rotatable bonds is 4. The average Bonchev–Trinajstić information content (AvgIpc) is 2.92. The number of carbonyl (C=O) groups excluding carboxylic acids is 1. The summed E-state index contributed by atoms with van der Waals surface area (Å²) in [5.41, 5.74) is 2.22. The van der Waals surface area contributed by atoms with Crippen LogP contribution in [0.15, 0.2) is 36.5 Å². The lowest BCUT2D eigenvalue weighted by Crippen LogP contribution is -2.38. The summed E-state index contributed by atoms with van der Waals surface area (Å²) >= 11 is 0. The molecule has 0 aliphatic carbocycles. The molecule has 0 unspecified atom stereocenters. The fourth-order valence-electron chi connectivity index (χ4n) is 2.60. The minimum atomic E-state index is -0.105. The molecule has 5 nitrogen and oxygen atoms in total. The van der Waals surface area contributed by atoms with Crippen molar-refractivity contribution < 1.29 is 9.53 Å². The van der Waals surface area contributed by atoms with E-state index in [9.17, 15) is 4.79 Å². The first kappa shape index (κ1) is 13.7. The van der Waals surface area contributed by atoms with Crippen molar-refractivity contribution in [2.45, 2.75) is 12.8 Å². The first-order valence-electron chi connectivity index (χ1n) is 7.19. The number of para-hydroxylation sites is 1. The van der Waals surface area contributed by atoms with Crippen molar-refractivity contribution in [1.29, 1.82) is 0 Å². The standard InChI is InChI=1S/C16H19N3O2/c1-19-14(7-9-18-19)6-8-17-16(20)13-10-12-4-2-3-5-15(12)21-11-13/h2-5,7,9,13H,6,8,10-11H2,1H3,(H,17,20)/t13-/m0/s1. The quantitative estimate of drug-likeness (QED) is 0.922. The third-order valence-corrected chi connectivity index (χ3v) is 3.85. The van der Waals surface area contributed by atoms with E-state index in [4.69, 9.17) is 4.74 Å². The lowest BCUT2D eigenvalue weighted by atomic mass is 9.96. The Morgan fingerprint density at radius 2 is 2.29 bits per heavy atom. The van der Waals surface area contributed by atoms with Gasteiger partial charge in [0.1, 0.15) is 12.4 Å². The molecule has 2 aromatic rings. The zero-order chi connectivity index (χ0) is 14.7. The summed E-state index contributed by atoms with van der Waals surface area (Å²) in [6, 6.07) is 9.86. The monoisotopic (exact) mass is 285 g/mol. The molecule has 1 N–H and O–H groups in total. The van der Waals surface area contributed by atoms with Gasteiger partial charge in [0, 0.05) is 31.9 Å². The van der Waals surface area contributed by atoms with Crippen LogP contribution in [0.3, 0.4) is 0 Å². The molecule has 1 amide bonds. The number of hydrogen-bond acceptors (Lipinski definition) is 3. The number of nitrogens with zero attached hydrogens (tertiary/aromatic N) is 2. The van der Waals surface area contributed by atoms with Gasteiger partial charge in [0.2, 0.25) is 5.91 Å². The van der Waals surface area contributed by atoms with Crippen LogP contribution in [0.4, 0.5) is 0 Å². The van der Waals surface area contributed by atoms with Gasteiger partial charge < -0.3 is 10.1 Å². The van der Waals surface area contributed by atoms with Gasteiger partial charge in [-0.3, -0.25) is 9.48 Å². The van der Waals surface area contributed by atoms with Gasteiger partial charge in [-0.2, -0.15) is 5.10 Å². The minimum Gasteiger partial charge on any atom is -0.492 e. The molecule has 0 saturated heterocycles. The highest BCUT2D eigenvalue weighted by atomic mass is 16.5. The molecule has 0 saturated carbocycles. The zero-order valence-corrected chi connectivity index (χ0v) is 12.1. The van der Waals surface area contributed by atoms with Crippen LogP contribution >= 0.6 is 0 Å². The molecule has 0 radical (unpaired) electrons. The van der Waals surface area contributed by atoms with Crippen molar-refractivity contribution in [3.63, 3.8) is 0 Å². The Morgan fingerprint density at radius 1 is 1.43 bits per heavy atom. The Balaban J connectivity index is 1.52. The maximum Gasteiger partial charge on any atom is 0.226 e. The highest BCUT2D eigenvalue weighted by Gasteiger charge is 2.25. The van der Waals surface area contributed by atoms with E-state index in [0.717, 1.165) is 29.8 Å². The second-order valence-electron chi connectivity index (χ2n) is 5.31. The lowest BCUT2D eigenvalue weighted by Gasteiger charge is -2.24. The summed E-state index contributed by atoms with van der Waals surface area (Å²) in [5.74, 6) is 0.856. The number of benzene rings is 1. The van der Waals surface area contributed by atoms with Crippen molar-refractivity contribution in [2.75, 3.05) is 13.2 Å². The Kier molecular flexibility index (Phi) is 3.90. The number of hydrogen-bond donors (Lipinski definition) is 1. The first-order chi connectivity index (χ1) is 10.2. The fraction of sp³-hybridized carbons (Fsp3) is 0.375. The Labute approximate surface area is 123 Å². The van der Waals surface area contributed by atoms with Crippen LogP contribution in [0, 0.1) is 5.92 Å². The second-order valence-corrected chi connectivity index (χ2v) is 5.31. The molecule has 110 valence electrons. The number of carbonyl (C=O) groups is 1. The summed E-state index contributed by atoms with van der Waals surface area (Å²) in [4.78, 5) is 12.2. The van der Waals surface area contributed by atoms with Gasteiger partial charge >= 0.3 is 0 Å². The number of amides is 1. The molecule has 0 spiro atoms. The van der Waals surface area contributed by atoms with E-state index in [0.29, 0.717) is 13.2 Å². The molecule has 1 atom stereocenters. The van der Waals surface area contributed by atoms with Gasteiger partial charge in [-0.05, 0) is 24.1 Å². The molecule has 1 aromatic carbocycles. The van der Waals surface area contributed by atoms with Gasteiger partial charge in [0.25, 0.3) is 0 Å². The first-order valence-corrected chi connectivity index (χ1v) is 7.19. The van der Waals surface area contributed by atoms with E-state index < -0.39 is 0 Å². The van der Waals surface area contributed by atoms with Gasteiger partial charge in [-0.15, -0.1) is 0 Å². The summed E-state index contributed by atoms with van der Waals surface area (Å²) in [6.45, 7) is 1.07. The van der Waals surface area contributed by atoms with E-state index in [-0.39, 0.29) is 11.8 Å². The third-order valence-electron chi connectivity index (χ3n) is 3.85. The lowest BCUT2D eigenvalue weighted by molar-refractivity contribution is -0.126. The topological polar surface area (TPSA) is 56.2 Å². The number of fused-ring (bicyclic) bond motifs is 1. The smallest absolute Gasteiger partial charge is 0.226 e. The number of nitrogens with one attached hydrogen (secondary N) is 1. The van der Waals surface area contributed by atoms with Gasteiger partial charge in [-0.1, -0.05) is 18.2 Å². The van der Waals surface area contributed by atoms with Crippen molar-refractivity contribution in [2.24, 2.45) is 13.0 Å². The second kappa shape index (κ2) is 5.99. The largest absolute Gasteiger partial charge is 0.492 e. The molecule has 2 heterocycles. The van der Waals surface area contributed by atoms with Crippen molar-refractivity contribution in [3.05, 3.63) is 47.8 Å². The molecule has 0 bridgehead atoms. The highest BCUT2D eigenvalue weighted by molar-refractivity contribution is 5.79. The molecule has 3 rings (SSSR count). The molecular weight excluding hydrogens is 266 g/mol. The fourth-order valence-corrected chi connectivity index (χ4v) is 2.60. The molecular formula is C16H19N3O2. The van der Waals surface area contributed by atoms with E-state index in [2.05, 4.69) is 10.4 Å². The van der Waals surface area contributed by atoms with E-state index in [1.165, 1.54) is 0 Å². The molecule has 5 heteroatoms. The van der Waals surface area contributed by atoms with Crippen molar-refractivity contribution in [3.8, 4) is 5.75 Å². The molecule has 0 fully saturated rings. The predicted octanol–water partition coefficient (Wildman–Crippen LogP) is 1.33. The maximum atomic E-state index is 12.2. The van der Waals surface area contributed by atoms with Crippen LogP contribution in [-0.4, -0.2) is 28.8 Å². The maximum absolute atomic E-state index is 12.2. The normalized spacial score (nSPS) is 16.9. The SMILES string of the molecule is Cn1nccc1CCNC(=O)[C@@H]1COc2ccccc2C1. The zero-order valence-electron chi connectivity index (χ0n) is 12.1. The Hall–Kier alpha value is -2.30. The third kappa shape index (κ3) is 3.07. The molecule has 21 heavy (non-hydrogen) atoms. The van der Waals surface area contributed by atoms with Crippen LogP contribution < -0.4 is 10.1 Å². The summed E-state index contributed by atoms with van der Waals surface area (Å²) in [5, 5.41) is 7.10. The van der Waals surface area contributed by atoms with Gasteiger partial charge in [-0.25, -0.2) is 0 Å². The average molecular weight is 285 g/mol. The van der Waals surface area contributed by atoms with Crippen LogP contribution in [-0.2, 0) is 24.7 Å². The van der Waals surface area contributed by atoms with Gasteiger partial charge in [0.15, 0.2) is 0 Å². The summed E-state index contributed by atoms with van der Waals surface area (Å²) in [6.07, 6.45) is 3.29. The number of ether oxygens (including phenoxy) is 1. The predicted molar refractivity (Wildman–Crippen MR) is 79.1 cm³/mol. The van der Waals surface area contributed by atoms with E-state index in [1.54, 1.807) is 6.20 Å². The summed E-state index contributed by atoms with van der Waals surface area (Å²) < 4.78 is 7.48. The highest BCUT2D eigenvalue weighted by Crippen LogP contribution is 2.26. The van der Waals surface area contributed by atoms with Gasteiger partial charge in [0.05, 0.1) is 5.92 Å². The van der Waals surface area contributed by atoms with E-state index in [1.807, 2.05) is 42.1 Å². The van der Waals surface area contributed by atoms with Crippen molar-refractivity contribution in [1.82, 2.24) is 15.1 Å². The van der Waals surface area contributed by atoms with Crippen LogP contribution in [0.25, 0.3) is 0 Å². The number of aryl methyl sites for hydroxylation is 1. The van der Waals surface area contributed by atoms with Crippen molar-refractivity contribution >= 4 is 5.91 Å². The molecule has 1 aliphatic heterocycles. The Bertz CT molecular complexity index is 636. The number of aromatic nitrogens is 2. The van der Waals surface area contributed by atoms with E-state index >= 15 is 0 Å². The minimum absolute atomic E-state index is 0.0617. The van der Waals surface area contributed by atoms with Crippen LogP contribution in [0.5, 0.6) is 5.75 Å². The Morgan fingerprint density at radius 3 is 3.10 bits per heavy atom. The van der Waals surface area contributed by atoms with Crippen LogP contribution in [0.2, 0.25) is 0 Å².